The van der Waals surface area contributed by atoms with Crippen molar-refractivity contribution < 1.29 is 0 Å². The maximum absolute atomic E-state index is 6.32. The summed E-state index contributed by atoms with van der Waals surface area (Å²) in [6, 6.07) is 0.460. The van der Waals surface area contributed by atoms with E-state index in [-0.39, 0.29) is 0 Å². The van der Waals surface area contributed by atoms with Gasteiger partial charge < -0.3 is 5.73 Å². The van der Waals surface area contributed by atoms with Gasteiger partial charge in [-0.3, -0.25) is 0 Å². The molecule has 0 aliphatic rings. The monoisotopic (exact) mass is 435 g/mol. The Hall–Kier alpha value is -0.300. The van der Waals surface area contributed by atoms with E-state index in [2.05, 4.69) is 26.0 Å². The third kappa shape index (κ3) is 27.7. The van der Waals surface area contributed by atoms with Crippen LogP contribution in [0, 0.1) is 0 Å². The first-order valence-electron chi connectivity index (χ1n) is 14.7. The van der Waals surface area contributed by atoms with Crippen LogP contribution in [-0.2, 0) is 0 Å². The fourth-order valence-electron chi connectivity index (χ4n) is 4.52. The Balaban J connectivity index is 3.18. The average Bonchev–Trinajstić information content (AvgIpc) is 2.77. The lowest BCUT2D eigenvalue weighted by molar-refractivity contribution is 0.481. The van der Waals surface area contributed by atoms with Crippen LogP contribution >= 0.6 is 0 Å². The summed E-state index contributed by atoms with van der Waals surface area (Å²) in [4.78, 5) is 0. The average molecular weight is 436 g/mol. The van der Waals surface area contributed by atoms with Crippen LogP contribution in [0.15, 0.2) is 12.2 Å². The first-order valence-corrected chi connectivity index (χ1v) is 14.7. The van der Waals surface area contributed by atoms with Crippen LogP contribution < -0.4 is 5.73 Å². The topological polar surface area (TPSA) is 26.0 Å². The molecule has 0 bridgehead atoms. The summed E-state index contributed by atoms with van der Waals surface area (Å²) in [7, 11) is 0. The number of hydrogen-bond acceptors (Lipinski definition) is 1. The Morgan fingerprint density at radius 1 is 0.419 bits per heavy atom. The minimum absolute atomic E-state index is 0.460. The molecule has 0 saturated carbocycles. The standard InChI is InChI=1S/C30H61N/c1-3-5-7-9-11-13-14-15-16-17-18-19-21-23-25-27-29-30(31)28-26-24-22-20-12-10-8-6-4-2/h15-16,30H,3-14,17-29,31H2,1-2H3. The van der Waals surface area contributed by atoms with Crippen LogP contribution in [0.1, 0.15) is 174 Å². The summed E-state index contributed by atoms with van der Waals surface area (Å²) in [6.45, 7) is 4.58. The van der Waals surface area contributed by atoms with Crippen molar-refractivity contribution in [3.05, 3.63) is 12.2 Å². The molecule has 2 N–H and O–H groups in total. The van der Waals surface area contributed by atoms with Gasteiger partial charge in [-0.25, -0.2) is 0 Å². The summed E-state index contributed by atoms with van der Waals surface area (Å²) in [5.74, 6) is 0. The van der Waals surface area contributed by atoms with Gasteiger partial charge in [-0.15, -0.1) is 0 Å². The zero-order valence-corrected chi connectivity index (χ0v) is 22.0. The lowest BCUT2D eigenvalue weighted by Gasteiger charge is -2.11. The third-order valence-corrected chi connectivity index (χ3v) is 6.77. The van der Waals surface area contributed by atoms with Crippen LogP contribution in [0.4, 0.5) is 0 Å². The fourth-order valence-corrected chi connectivity index (χ4v) is 4.52. The molecule has 31 heavy (non-hydrogen) atoms. The van der Waals surface area contributed by atoms with Gasteiger partial charge in [0.25, 0.3) is 0 Å². The number of nitrogens with two attached hydrogens (primary N) is 1. The highest BCUT2D eigenvalue weighted by atomic mass is 14.6. The second-order valence-corrected chi connectivity index (χ2v) is 10.1. The van der Waals surface area contributed by atoms with Crippen molar-refractivity contribution in [3.8, 4) is 0 Å². The van der Waals surface area contributed by atoms with E-state index < -0.39 is 0 Å². The van der Waals surface area contributed by atoms with Crippen molar-refractivity contribution in [1.82, 2.24) is 0 Å². The molecule has 0 saturated heterocycles. The highest BCUT2D eigenvalue weighted by molar-refractivity contribution is 4.81. The number of rotatable bonds is 26. The molecule has 1 atom stereocenters. The Labute approximate surface area is 198 Å². The van der Waals surface area contributed by atoms with Crippen LogP contribution in [0.2, 0.25) is 0 Å². The largest absolute Gasteiger partial charge is 0.328 e. The maximum Gasteiger partial charge on any atom is 0.00388 e. The van der Waals surface area contributed by atoms with Crippen LogP contribution in [0.5, 0.6) is 0 Å². The van der Waals surface area contributed by atoms with Gasteiger partial charge in [-0.1, -0.05) is 148 Å². The minimum atomic E-state index is 0.460. The van der Waals surface area contributed by atoms with Crippen molar-refractivity contribution >= 4 is 0 Å². The molecule has 0 aliphatic heterocycles. The molecule has 0 rings (SSSR count). The molecular formula is C30H61N. The molecule has 0 aliphatic carbocycles. The summed E-state index contributed by atoms with van der Waals surface area (Å²) >= 11 is 0. The highest BCUT2D eigenvalue weighted by Crippen LogP contribution is 2.14. The maximum atomic E-state index is 6.32. The Morgan fingerprint density at radius 3 is 1.06 bits per heavy atom. The van der Waals surface area contributed by atoms with E-state index in [9.17, 15) is 0 Å². The van der Waals surface area contributed by atoms with Gasteiger partial charge in [-0.2, -0.15) is 0 Å². The molecular weight excluding hydrogens is 374 g/mol. The lowest BCUT2D eigenvalue weighted by Crippen LogP contribution is -2.19. The Bertz CT molecular complexity index is 335. The van der Waals surface area contributed by atoms with Crippen molar-refractivity contribution in [2.24, 2.45) is 5.73 Å². The van der Waals surface area contributed by atoms with Gasteiger partial charge >= 0.3 is 0 Å². The molecule has 0 amide bonds. The third-order valence-electron chi connectivity index (χ3n) is 6.77. The second kappa shape index (κ2) is 27.7. The molecule has 0 aromatic heterocycles. The van der Waals surface area contributed by atoms with Gasteiger partial charge in [0.15, 0.2) is 0 Å². The molecule has 0 aromatic carbocycles. The number of allylic oxidation sites excluding steroid dienone is 2. The quantitative estimate of drug-likeness (QED) is 0.106. The first-order chi connectivity index (χ1) is 15.3. The molecule has 186 valence electrons. The number of hydrogen-bond donors (Lipinski definition) is 1. The first kappa shape index (κ1) is 30.7. The predicted molar refractivity (Wildman–Crippen MR) is 144 cm³/mol. The van der Waals surface area contributed by atoms with Gasteiger partial charge in [0, 0.05) is 6.04 Å². The lowest BCUT2D eigenvalue weighted by atomic mass is 10.0. The summed E-state index contributed by atoms with van der Waals surface area (Å²) in [6.07, 6.45) is 39.5. The number of unbranched alkanes of at least 4 members (excludes halogenated alkanes) is 20. The molecule has 0 fully saturated rings. The van der Waals surface area contributed by atoms with Crippen LogP contribution in [0.25, 0.3) is 0 Å². The molecule has 1 unspecified atom stereocenters. The van der Waals surface area contributed by atoms with Crippen molar-refractivity contribution in [2.45, 2.75) is 180 Å². The molecule has 0 spiro atoms. The summed E-state index contributed by atoms with van der Waals surface area (Å²) < 4.78 is 0. The van der Waals surface area contributed by atoms with Gasteiger partial charge in [-0.05, 0) is 38.5 Å². The van der Waals surface area contributed by atoms with Gasteiger partial charge in [0.1, 0.15) is 0 Å². The van der Waals surface area contributed by atoms with E-state index >= 15 is 0 Å². The van der Waals surface area contributed by atoms with E-state index in [1.54, 1.807) is 0 Å². The van der Waals surface area contributed by atoms with E-state index in [1.165, 1.54) is 161 Å². The zero-order valence-electron chi connectivity index (χ0n) is 22.0. The van der Waals surface area contributed by atoms with E-state index in [0.29, 0.717) is 6.04 Å². The van der Waals surface area contributed by atoms with E-state index in [4.69, 9.17) is 5.73 Å². The Kier molecular flexibility index (Phi) is 27.5. The smallest absolute Gasteiger partial charge is 0.00388 e. The molecule has 0 heterocycles. The van der Waals surface area contributed by atoms with Crippen LogP contribution in [-0.4, -0.2) is 6.04 Å². The molecule has 0 radical (unpaired) electrons. The van der Waals surface area contributed by atoms with Crippen molar-refractivity contribution in [3.63, 3.8) is 0 Å². The second-order valence-electron chi connectivity index (χ2n) is 10.1. The SMILES string of the molecule is CCCCCCCCC=CCCCCCCCCC(N)CCCCCCCCCCC. The molecule has 1 nitrogen and oxygen atoms in total. The minimum Gasteiger partial charge on any atom is -0.328 e. The van der Waals surface area contributed by atoms with E-state index in [1.807, 2.05) is 0 Å². The fraction of sp³-hybridized carbons (Fsp3) is 0.933. The highest BCUT2D eigenvalue weighted by Gasteiger charge is 2.02. The summed E-state index contributed by atoms with van der Waals surface area (Å²) in [5, 5.41) is 0. The van der Waals surface area contributed by atoms with E-state index in [0.717, 1.165) is 0 Å². The van der Waals surface area contributed by atoms with Gasteiger partial charge in [0.05, 0.1) is 0 Å². The van der Waals surface area contributed by atoms with Crippen molar-refractivity contribution in [2.75, 3.05) is 0 Å². The zero-order chi connectivity index (χ0) is 22.7. The molecule has 0 aromatic rings. The van der Waals surface area contributed by atoms with Crippen molar-refractivity contribution in [1.29, 1.82) is 0 Å². The Morgan fingerprint density at radius 2 is 0.710 bits per heavy atom. The normalized spacial score (nSPS) is 12.7. The molecule has 1 heteroatoms. The van der Waals surface area contributed by atoms with Gasteiger partial charge in [0.2, 0.25) is 0 Å². The summed E-state index contributed by atoms with van der Waals surface area (Å²) in [5.41, 5.74) is 6.32. The van der Waals surface area contributed by atoms with Crippen LogP contribution in [0.3, 0.4) is 0 Å². The predicted octanol–water partition coefficient (Wildman–Crippen LogP) is 10.7.